The van der Waals surface area contributed by atoms with Gasteiger partial charge in [-0.15, -0.1) is 0 Å². The fraction of sp³-hybridized carbons (Fsp3) is 0.550. The third-order valence-corrected chi connectivity index (χ3v) is 5.24. The molecular weight excluding hydrogens is 403 g/mol. The minimum absolute atomic E-state index is 0.0107. The number of nitrogens with zero attached hydrogens (tertiary/aromatic N) is 2. The Labute approximate surface area is 175 Å². The van der Waals surface area contributed by atoms with Crippen LogP contribution in [-0.2, 0) is 9.53 Å². The minimum Gasteiger partial charge on any atom is -0.444 e. The van der Waals surface area contributed by atoms with E-state index in [1.54, 1.807) is 43.9 Å². The van der Waals surface area contributed by atoms with Crippen molar-refractivity contribution >= 4 is 41.0 Å². The van der Waals surface area contributed by atoms with E-state index in [0.29, 0.717) is 41.5 Å². The average molecular weight is 429 g/mol. The molecule has 0 spiro atoms. The number of likely N-dealkylation sites (N-methyl/N-ethyl adjacent to an activating group) is 1. The molecule has 0 N–H and O–H groups in total. The van der Waals surface area contributed by atoms with Gasteiger partial charge in [-0.2, -0.15) is 0 Å². The van der Waals surface area contributed by atoms with E-state index in [4.69, 9.17) is 27.9 Å². The molecule has 1 aromatic rings. The summed E-state index contributed by atoms with van der Waals surface area (Å²) in [6, 6.07) is 4.87. The lowest BCUT2D eigenvalue weighted by Crippen LogP contribution is -2.46. The molecule has 154 valence electrons. The van der Waals surface area contributed by atoms with Gasteiger partial charge < -0.3 is 14.5 Å². The van der Waals surface area contributed by atoms with Crippen LogP contribution in [0.1, 0.15) is 44.0 Å². The highest BCUT2D eigenvalue weighted by atomic mass is 35.5. The Bertz CT molecular complexity index is 753. The van der Waals surface area contributed by atoms with Crippen molar-refractivity contribution < 1.29 is 19.1 Å². The molecule has 2 amide bonds. The van der Waals surface area contributed by atoms with Crippen LogP contribution >= 0.6 is 23.2 Å². The minimum atomic E-state index is -0.613. The van der Waals surface area contributed by atoms with Crippen LogP contribution < -0.4 is 0 Å². The second-order valence-electron chi connectivity index (χ2n) is 7.98. The number of piperidine rings is 1. The topological polar surface area (TPSA) is 66.9 Å². The Morgan fingerprint density at radius 1 is 1.14 bits per heavy atom. The SMILES string of the molecule is CN(CC(=O)N1CCC(C(=O)c2ccc(Cl)c(Cl)c2)CC1)C(=O)OC(C)(C)C. The summed E-state index contributed by atoms with van der Waals surface area (Å²) in [7, 11) is 1.53. The highest BCUT2D eigenvalue weighted by Gasteiger charge is 2.29. The molecule has 1 aliphatic rings. The van der Waals surface area contributed by atoms with Crippen molar-refractivity contribution in [3.8, 4) is 0 Å². The predicted molar refractivity (Wildman–Crippen MR) is 109 cm³/mol. The highest BCUT2D eigenvalue weighted by molar-refractivity contribution is 6.42. The molecule has 0 aromatic heterocycles. The van der Waals surface area contributed by atoms with Crippen LogP contribution in [0.15, 0.2) is 18.2 Å². The maximum Gasteiger partial charge on any atom is 0.410 e. The van der Waals surface area contributed by atoms with E-state index < -0.39 is 11.7 Å². The molecule has 1 heterocycles. The largest absolute Gasteiger partial charge is 0.444 e. The van der Waals surface area contributed by atoms with Crippen molar-refractivity contribution in [1.82, 2.24) is 9.80 Å². The van der Waals surface area contributed by atoms with Gasteiger partial charge in [-0.1, -0.05) is 23.2 Å². The molecule has 2 rings (SSSR count). The van der Waals surface area contributed by atoms with Crippen LogP contribution in [0.3, 0.4) is 0 Å². The molecule has 0 unspecified atom stereocenters. The van der Waals surface area contributed by atoms with Gasteiger partial charge in [0.25, 0.3) is 0 Å². The zero-order valence-corrected chi connectivity index (χ0v) is 18.1. The number of ether oxygens (including phenoxy) is 1. The van der Waals surface area contributed by atoms with Gasteiger partial charge in [0.05, 0.1) is 10.0 Å². The summed E-state index contributed by atoms with van der Waals surface area (Å²) in [5.74, 6) is -0.310. The Morgan fingerprint density at radius 3 is 2.29 bits per heavy atom. The lowest BCUT2D eigenvalue weighted by molar-refractivity contribution is -0.133. The van der Waals surface area contributed by atoms with Gasteiger partial charge in [-0.05, 0) is 51.8 Å². The fourth-order valence-electron chi connectivity index (χ4n) is 2.98. The van der Waals surface area contributed by atoms with Crippen LogP contribution in [0.4, 0.5) is 4.79 Å². The molecule has 8 heteroatoms. The smallest absolute Gasteiger partial charge is 0.410 e. The number of amides is 2. The molecule has 1 fully saturated rings. The number of hydrogen-bond acceptors (Lipinski definition) is 4. The number of carbonyl (C=O) groups is 3. The van der Waals surface area contributed by atoms with Crippen LogP contribution in [-0.4, -0.2) is 59.9 Å². The Balaban J connectivity index is 1.87. The van der Waals surface area contributed by atoms with Crippen molar-refractivity contribution in [2.45, 2.75) is 39.2 Å². The second-order valence-corrected chi connectivity index (χ2v) is 8.80. The van der Waals surface area contributed by atoms with E-state index in [-0.39, 0.29) is 24.2 Å². The third kappa shape index (κ3) is 6.11. The Hall–Kier alpha value is -1.79. The van der Waals surface area contributed by atoms with Crippen LogP contribution in [0.25, 0.3) is 0 Å². The first kappa shape index (κ1) is 22.5. The third-order valence-electron chi connectivity index (χ3n) is 4.50. The number of benzene rings is 1. The molecule has 0 saturated carbocycles. The predicted octanol–water partition coefficient (Wildman–Crippen LogP) is 4.28. The van der Waals surface area contributed by atoms with Crippen molar-refractivity contribution in [2.24, 2.45) is 5.92 Å². The van der Waals surface area contributed by atoms with Gasteiger partial charge >= 0.3 is 6.09 Å². The molecule has 0 atom stereocenters. The molecule has 0 radical (unpaired) electrons. The van der Waals surface area contributed by atoms with Crippen LogP contribution in [0.2, 0.25) is 10.0 Å². The summed E-state index contributed by atoms with van der Waals surface area (Å²) in [4.78, 5) is 40.1. The van der Waals surface area contributed by atoms with Crippen LogP contribution in [0, 0.1) is 5.92 Å². The number of carbonyl (C=O) groups excluding carboxylic acids is 3. The molecule has 6 nitrogen and oxygen atoms in total. The number of Topliss-reactive ketones (excluding diaryl/α,β-unsaturated/α-hetero) is 1. The normalized spacial score (nSPS) is 15.3. The van der Waals surface area contributed by atoms with Gasteiger partial charge in [-0.3, -0.25) is 9.59 Å². The van der Waals surface area contributed by atoms with Crippen molar-refractivity contribution in [3.05, 3.63) is 33.8 Å². The number of rotatable bonds is 4. The van der Waals surface area contributed by atoms with Gasteiger partial charge in [0, 0.05) is 31.6 Å². The van der Waals surface area contributed by atoms with Crippen molar-refractivity contribution in [2.75, 3.05) is 26.7 Å². The molecule has 0 bridgehead atoms. The van der Waals surface area contributed by atoms with E-state index in [1.165, 1.54) is 11.9 Å². The maximum atomic E-state index is 12.7. The van der Waals surface area contributed by atoms with Crippen LogP contribution in [0.5, 0.6) is 0 Å². The second kappa shape index (κ2) is 9.14. The van der Waals surface area contributed by atoms with Gasteiger partial charge in [0.15, 0.2) is 5.78 Å². The van der Waals surface area contributed by atoms with Gasteiger partial charge in [-0.25, -0.2) is 4.79 Å². The number of halogens is 2. The zero-order chi connectivity index (χ0) is 21.1. The summed E-state index contributed by atoms with van der Waals surface area (Å²) < 4.78 is 5.25. The van der Waals surface area contributed by atoms with Crippen molar-refractivity contribution in [1.29, 1.82) is 0 Å². The molecule has 1 saturated heterocycles. The maximum absolute atomic E-state index is 12.7. The molecule has 28 heavy (non-hydrogen) atoms. The lowest BCUT2D eigenvalue weighted by Gasteiger charge is -2.32. The first-order valence-electron chi connectivity index (χ1n) is 9.19. The first-order chi connectivity index (χ1) is 13.0. The Morgan fingerprint density at radius 2 is 1.75 bits per heavy atom. The van der Waals surface area contributed by atoms with Gasteiger partial charge in [0.1, 0.15) is 12.1 Å². The molecule has 0 aliphatic carbocycles. The van der Waals surface area contributed by atoms with E-state index in [2.05, 4.69) is 0 Å². The number of hydrogen-bond donors (Lipinski definition) is 0. The number of likely N-dealkylation sites (tertiary alicyclic amines) is 1. The summed E-state index contributed by atoms with van der Waals surface area (Å²) >= 11 is 11.9. The number of ketones is 1. The first-order valence-corrected chi connectivity index (χ1v) is 9.94. The fourth-order valence-corrected chi connectivity index (χ4v) is 3.28. The summed E-state index contributed by atoms with van der Waals surface area (Å²) in [6.45, 7) is 6.21. The molecule has 1 aliphatic heterocycles. The summed E-state index contributed by atoms with van der Waals surface area (Å²) in [5.41, 5.74) is -0.0821. The van der Waals surface area contributed by atoms with E-state index in [0.717, 1.165) is 0 Å². The lowest BCUT2D eigenvalue weighted by atomic mass is 9.89. The monoisotopic (exact) mass is 428 g/mol. The molecule has 1 aromatic carbocycles. The van der Waals surface area contributed by atoms with Crippen molar-refractivity contribution in [3.63, 3.8) is 0 Å². The standard InChI is InChI=1S/C20H26Cl2N2O4/c1-20(2,3)28-19(27)23(4)12-17(25)24-9-7-13(8-10-24)18(26)14-5-6-15(21)16(22)11-14/h5-6,11,13H,7-10,12H2,1-4H3. The average Bonchev–Trinajstić information content (AvgIpc) is 2.62. The van der Waals surface area contributed by atoms with E-state index >= 15 is 0 Å². The van der Waals surface area contributed by atoms with E-state index in [1.807, 2.05) is 0 Å². The Kier molecular flexibility index (Phi) is 7.34. The zero-order valence-electron chi connectivity index (χ0n) is 16.6. The summed E-state index contributed by atoms with van der Waals surface area (Å²) in [5, 5.41) is 0.762. The molecular formula is C20H26Cl2N2O4. The van der Waals surface area contributed by atoms with E-state index in [9.17, 15) is 14.4 Å². The summed E-state index contributed by atoms with van der Waals surface area (Å²) in [6.07, 6.45) is 0.604. The quantitative estimate of drug-likeness (QED) is 0.670. The highest BCUT2D eigenvalue weighted by Crippen LogP contribution is 2.27. The van der Waals surface area contributed by atoms with Gasteiger partial charge in [0.2, 0.25) is 5.91 Å².